The van der Waals surface area contributed by atoms with Crippen LogP contribution in [0.4, 0.5) is 0 Å². The fourth-order valence-corrected chi connectivity index (χ4v) is 2.76. The van der Waals surface area contributed by atoms with E-state index in [-0.39, 0.29) is 0 Å². The standard InChI is InChI=1S/C15H28N2/c1-2-17(15-10-11-15)13-12-16-14-8-6-4-3-5-7-9-14/h6,8,14-16H,2-5,7,9-13H2,1H3/b8-6+. The highest BCUT2D eigenvalue weighted by atomic mass is 15.2. The van der Waals surface area contributed by atoms with Crippen molar-refractivity contribution in [3.8, 4) is 0 Å². The van der Waals surface area contributed by atoms with Crippen LogP contribution in [0, 0.1) is 0 Å². The fourth-order valence-electron chi connectivity index (χ4n) is 2.76. The van der Waals surface area contributed by atoms with Gasteiger partial charge in [-0.3, -0.25) is 4.90 Å². The third-order valence-corrected chi connectivity index (χ3v) is 4.03. The van der Waals surface area contributed by atoms with Crippen molar-refractivity contribution in [3.63, 3.8) is 0 Å². The molecule has 0 aromatic rings. The molecule has 1 fully saturated rings. The minimum atomic E-state index is 0.633. The van der Waals surface area contributed by atoms with Crippen LogP contribution >= 0.6 is 0 Å². The maximum atomic E-state index is 3.71. The summed E-state index contributed by atoms with van der Waals surface area (Å²) >= 11 is 0. The number of likely N-dealkylation sites (N-methyl/N-ethyl adjacent to an activating group) is 1. The lowest BCUT2D eigenvalue weighted by Gasteiger charge is -2.22. The lowest BCUT2D eigenvalue weighted by molar-refractivity contribution is 0.273. The summed E-state index contributed by atoms with van der Waals surface area (Å²) in [4.78, 5) is 2.62. The minimum absolute atomic E-state index is 0.633. The molecule has 0 aliphatic heterocycles. The predicted molar refractivity (Wildman–Crippen MR) is 74.3 cm³/mol. The highest BCUT2D eigenvalue weighted by Gasteiger charge is 2.27. The van der Waals surface area contributed by atoms with E-state index in [0.29, 0.717) is 6.04 Å². The largest absolute Gasteiger partial charge is 0.309 e. The number of hydrogen-bond acceptors (Lipinski definition) is 2. The van der Waals surface area contributed by atoms with Crippen LogP contribution in [-0.4, -0.2) is 36.6 Å². The fraction of sp³-hybridized carbons (Fsp3) is 0.867. The van der Waals surface area contributed by atoms with Gasteiger partial charge in [0.25, 0.3) is 0 Å². The van der Waals surface area contributed by atoms with Crippen LogP contribution in [0.25, 0.3) is 0 Å². The number of hydrogen-bond donors (Lipinski definition) is 1. The van der Waals surface area contributed by atoms with Gasteiger partial charge in [-0.25, -0.2) is 0 Å². The molecule has 1 N–H and O–H groups in total. The van der Waals surface area contributed by atoms with Crippen molar-refractivity contribution in [1.82, 2.24) is 10.2 Å². The zero-order valence-electron chi connectivity index (χ0n) is 11.3. The Morgan fingerprint density at radius 3 is 2.82 bits per heavy atom. The lowest BCUT2D eigenvalue weighted by atomic mass is 10.0. The molecular weight excluding hydrogens is 208 g/mol. The Balaban J connectivity index is 1.63. The molecule has 1 atom stereocenters. The molecule has 0 saturated heterocycles. The molecule has 2 aliphatic rings. The Morgan fingerprint density at radius 2 is 2.06 bits per heavy atom. The Labute approximate surface area is 106 Å². The van der Waals surface area contributed by atoms with Gasteiger partial charge in [0.15, 0.2) is 0 Å². The van der Waals surface area contributed by atoms with E-state index in [9.17, 15) is 0 Å². The van der Waals surface area contributed by atoms with Crippen LogP contribution in [0.2, 0.25) is 0 Å². The average Bonchev–Trinajstić information content (AvgIpc) is 3.10. The third-order valence-electron chi connectivity index (χ3n) is 4.03. The van der Waals surface area contributed by atoms with Gasteiger partial charge in [-0.1, -0.05) is 31.9 Å². The van der Waals surface area contributed by atoms with Crippen LogP contribution in [0.1, 0.15) is 51.9 Å². The first-order valence-electron chi connectivity index (χ1n) is 7.54. The maximum Gasteiger partial charge on any atom is 0.0250 e. The summed E-state index contributed by atoms with van der Waals surface area (Å²) in [6.45, 7) is 5.88. The van der Waals surface area contributed by atoms with E-state index in [1.54, 1.807) is 0 Å². The molecule has 1 saturated carbocycles. The van der Waals surface area contributed by atoms with E-state index in [1.807, 2.05) is 0 Å². The average molecular weight is 236 g/mol. The summed E-state index contributed by atoms with van der Waals surface area (Å²) in [7, 11) is 0. The van der Waals surface area contributed by atoms with Gasteiger partial charge in [0.05, 0.1) is 0 Å². The Hall–Kier alpha value is -0.340. The van der Waals surface area contributed by atoms with Gasteiger partial charge >= 0.3 is 0 Å². The van der Waals surface area contributed by atoms with E-state index in [0.717, 1.165) is 12.6 Å². The maximum absolute atomic E-state index is 3.71. The summed E-state index contributed by atoms with van der Waals surface area (Å²) in [5, 5.41) is 3.71. The summed E-state index contributed by atoms with van der Waals surface area (Å²) in [6, 6.07) is 1.54. The van der Waals surface area contributed by atoms with Crippen molar-refractivity contribution < 1.29 is 0 Å². The van der Waals surface area contributed by atoms with E-state index < -0.39 is 0 Å². The Kier molecular flexibility index (Phi) is 5.53. The number of nitrogens with one attached hydrogen (secondary N) is 1. The topological polar surface area (TPSA) is 15.3 Å². The Bertz CT molecular complexity index is 233. The first-order valence-corrected chi connectivity index (χ1v) is 7.54. The number of allylic oxidation sites excluding steroid dienone is 1. The Morgan fingerprint density at radius 1 is 1.18 bits per heavy atom. The molecule has 1 unspecified atom stereocenters. The minimum Gasteiger partial charge on any atom is -0.309 e. The molecule has 0 spiro atoms. The molecule has 2 rings (SSSR count). The quantitative estimate of drug-likeness (QED) is 0.713. The molecule has 0 aromatic heterocycles. The lowest BCUT2D eigenvalue weighted by Crippen LogP contribution is -2.37. The van der Waals surface area contributed by atoms with Gasteiger partial charge in [0, 0.05) is 25.2 Å². The normalized spacial score (nSPS) is 27.8. The van der Waals surface area contributed by atoms with Crippen LogP contribution in [0.15, 0.2) is 12.2 Å². The molecular formula is C15H28N2. The van der Waals surface area contributed by atoms with Gasteiger partial charge in [0.1, 0.15) is 0 Å². The smallest absolute Gasteiger partial charge is 0.0250 e. The second-order valence-corrected chi connectivity index (χ2v) is 5.49. The highest BCUT2D eigenvalue weighted by molar-refractivity contribution is 4.94. The van der Waals surface area contributed by atoms with Crippen molar-refractivity contribution in [2.24, 2.45) is 0 Å². The van der Waals surface area contributed by atoms with E-state index in [1.165, 1.54) is 58.0 Å². The molecule has 0 aromatic carbocycles. The predicted octanol–water partition coefficient (Wildman–Crippen LogP) is 2.95. The second kappa shape index (κ2) is 7.17. The first kappa shape index (κ1) is 13.1. The van der Waals surface area contributed by atoms with Crippen LogP contribution in [-0.2, 0) is 0 Å². The summed E-state index contributed by atoms with van der Waals surface area (Å²) in [5.74, 6) is 0. The number of nitrogens with zero attached hydrogens (tertiary/aromatic N) is 1. The van der Waals surface area contributed by atoms with E-state index >= 15 is 0 Å². The van der Waals surface area contributed by atoms with Gasteiger partial charge in [-0.05, 0) is 38.6 Å². The molecule has 0 amide bonds. The molecule has 17 heavy (non-hydrogen) atoms. The zero-order chi connectivity index (χ0) is 11.9. The molecule has 2 aliphatic carbocycles. The zero-order valence-corrected chi connectivity index (χ0v) is 11.3. The van der Waals surface area contributed by atoms with Crippen molar-refractivity contribution in [1.29, 1.82) is 0 Å². The summed E-state index contributed by atoms with van der Waals surface area (Å²) in [5.41, 5.74) is 0. The SMILES string of the molecule is CCN(CCNC1/C=C/CCCCC1)C1CC1. The van der Waals surface area contributed by atoms with Crippen molar-refractivity contribution in [3.05, 3.63) is 12.2 Å². The molecule has 2 heteroatoms. The van der Waals surface area contributed by atoms with Gasteiger partial charge in [0.2, 0.25) is 0 Å². The van der Waals surface area contributed by atoms with Crippen molar-refractivity contribution in [2.75, 3.05) is 19.6 Å². The van der Waals surface area contributed by atoms with Crippen molar-refractivity contribution in [2.45, 2.75) is 64.0 Å². The number of rotatable bonds is 6. The molecule has 0 heterocycles. The van der Waals surface area contributed by atoms with Gasteiger partial charge < -0.3 is 5.32 Å². The molecule has 0 radical (unpaired) electrons. The highest BCUT2D eigenvalue weighted by Crippen LogP contribution is 2.25. The first-order chi connectivity index (χ1) is 8.40. The molecule has 0 bridgehead atoms. The molecule has 98 valence electrons. The van der Waals surface area contributed by atoms with Gasteiger partial charge in [-0.2, -0.15) is 0 Å². The summed E-state index contributed by atoms with van der Waals surface area (Å²) in [6.07, 6.45) is 14.4. The monoisotopic (exact) mass is 236 g/mol. The molecule has 2 nitrogen and oxygen atoms in total. The van der Waals surface area contributed by atoms with Crippen LogP contribution in [0.5, 0.6) is 0 Å². The third kappa shape index (κ3) is 4.81. The van der Waals surface area contributed by atoms with Crippen LogP contribution < -0.4 is 5.32 Å². The second-order valence-electron chi connectivity index (χ2n) is 5.49. The van der Waals surface area contributed by atoms with Crippen molar-refractivity contribution >= 4 is 0 Å². The van der Waals surface area contributed by atoms with Crippen LogP contribution in [0.3, 0.4) is 0 Å². The van der Waals surface area contributed by atoms with Gasteiger partial charge in [-0.15, -0.1) is 0 Å². The van der Waals surface area contributed by atoms with E-state index in [2.05, 4.69) is 29.3 Å². The summed E-state index contributed by atoms with van der Waals surface area (Å²) < 4.78 is 0. The van der Waals surface area contributed by atoms with E-state index in [4.69, 9.17) is 0 Å².